The molecule has 0 aliphatic carbocycles. The molecule has 1 heterocycles. The molecule has 0 aliphatic rings. The van der Waals surface area contributed by atoms with Gasteiger partial charge in [-0.1, -0.05) is 11.6 Å². The summed E-state index contributed by atoms with van der Waals surface area (Å²) in [4.78, 5) is 14.2. The molecule has 0 aromatic carbocycles. The van der Waals surface area contributed by atoms with Crippen LogP contribution in [0.3, 0.4) is 0 Å². The lowest BCUT2D eigenvalue weighted by molar-refractivity contribution is -0.137. The fraction of sp³-hybridized carbons (Fsp3) is 0.333. The van der Waals surface area contributed by atoms with Crippen LogP contribution in [0.2, 0.25) is 5.02 Å². The van der Waals surface area contributed by atoms with Gasteiger partial charge in [-0.2, -0.15) is 0 Å². The van der Waals surface area contributed by atoms with E-state index in [9.17, 15) is 4.79 Å². The van der Waals surface area contributed by atoms with Crippen molar-refractivity contribution < 1.29 is 9.90 Å². The van der Waals surface area contributed by atoms with Crippen LogP contribution in [0.1, 0.15) is 24.4 Å². The van der Waals surface area contributed by atoms with E-state index in [4.69, 9.17) is 22.4 Å². The van der Waals surface area contributed by atoms with Crippen molar-refractivity contribution in [3.05, 3.63) is 29.0 Å². The zero-order valence-corrected chi connectivity index (χ0v) is 8.24. The first-order valence-corrected chi connectivity index (χ1v) is 4.55. The lowest BCUT2D eigenvalue weighted by Gasteiger charge is -2.09. The number of nitrogens with two attached hydrogens (primary N) is 1. The van der Waals surface area contributed by atoms with E-state index in [1.807, 2.05) is 0 Å². The molecule has 0 spiro atoms. The lowest BCUT2D eigenvalue weighted by atomic mass is 10.1. The number of aromatic nitrogens is 1. The van der Waals surface area contributed by atoms with Crippen molar-refractivity contribution >= 4 is 17.6 Å². The van der Waals surface area contributed by atoms with E-state index < -0.39 is 5.97 Å². The van der Waals surface area contributed by atoms with Gasteiger partial charge in [0, 0.05) is 24.9 Å². The minimum absolute atomic E-state index is 0.0493. The quantitative estimate of drug-likeness (QED) is 0.798. The Morgan fingerprint density at radius 1 is 1.64 bits per heavy atom. The molecule has 3 N–H and O–H groups in total. The Kier molecular flexibility index (Phi) is 3.85. The fourth-order valence-electron chi connectivity index (χ4n) is 1.08. The maximum absolute atomic E-state index is 10.3. The van der Waals surface area contributed by atoms with Gasteiger partial charge in [-0.15, -0.1) is 0 Å². The Morgan fingerprint density at radius 3 is 2.93 bits per heavy atom. The Bertz CT molecular complexity index is 330. The number of carbonyl (C=O) groups is 1. The summed E-state index contributed by atoms with van der Waals surface area (Å²) in [6.07, 6.45) is 3.54. The summed E-state index contributed by atoms with van der Waals surface area (Å²) in [5.74, 6) is -0.851. The van der Waals surface area contributed by atoms with E-state index >= 15 is 0 Å². The largest absolute Gasteiger partial charge is 0.481 e. The number of carboxylic acids is 1. The van der Waals surface area contributed by atoms with E-state index in [-0.39, 0.29) is 12.5 Å². The molecule has 1 rings (SSSR count). The fourth-order valence-corrected chi connectivity index (χ4v) is 1.26. The molecule has 0 saturated heterocycles. The van der Waals surface area contributed by atoms with Crippen LogP contribution < -0.4 is 5.73 Å². The molecule has 1 aromatic rings. The van der Waals surface area contributed by atoms with Gasteiger partial charge in [-0.05, 0) is 18.1 Å². The standard InChI is InChI=1S/C9H11ClN2O2/c10-7-3-6(4-12-5-7)8(11)1-2-9(13)14/h3-5,8H,1-2,11H2,(H,13,14). The van der Waals surface area contributed by atoms with Crippen LogP contribution in [-0.2, 0) is 4.79 Å². The van der Waals surface area contributed by atoms with Gasteiger partial charge in [0.25, 0.3) is 0 Å². The smallest absolute Gasteiger partial charge is 0.303 e. The van der Waals surface area contributed by atoms with E-state index in [1.165, 1.54) is 6.20 Å². The van der Waals surface area contributed by atoms with E-state index in [0.717, 1.165) is 5.56 Å². The van der Waals surface area contributed by atoms with E-state index in [2.05, 4.69) is 4.98 Å². The average Bonchev–Trinajstić information content (AvgIpc) is 2.14. The van der Waals surface area contributed by atoms with Crippen molar-refractivity contribution in [2.45, 2.75) is 18.9 Å². The van der Waals surface area contributed by atoms with Crippen molar-refractivity contribution in [3.8, 4) is 0 Å². The third-order valence-corrected chi connectivity index (χ3v) is 2.03. The summed E-state index contributed by atoms with van der Waals surface area (Å²) >= 11 is 5.72. The molecule has 1 aromatic heterocycles. The van der Waals surface area contributed by atoms with Crippen molar-refractivity contribution in [3.63, 3.8) is 0 Å². The highest BCUT2D eigenvalue weighted by molar-refractivity contribution is 6.30. The van der Waals surface area contributed by atoms with Gasteiger partial charge in [0.05, 0.1) is 5.02 Å². The van der Waals surface area contributed by atoms with E-state index in [0.29, 0.717) is 11.4 Å². The highest BCUT2D eigenvalue weighted by Gasteiger charge is 2.08. The third-order valence-electron chi connectivity index (χ3n) is 1.82. The van der Waals surface area contributed by atoms with Gasteiger partial charge < -0.3 is 10.8 Å². The molecular weight excluding hydrogens is 204 g/mol. The zero-order chi connectivity index (χ0) is 10.6. The number of rotatable bonds is 4. The first-order chi connectivity index (χ1) is 6.59. The maximum atomic E-state index is 10.3. The number of pyridine rings is 1. The molecular formula is C9H11ClN2O2. The molecule has 0 saturated carbocycles. The van der Waals surface area contributed by atoms with Crippen molar-refractivity contribution in [1.82, 2.24) is 4.98 Å². The Balaban J connectivity index is 2.60. The average molecular weight is 215 g/mol. The Labute approximate surface area is 86.7 Å². The molecule has 4 nitrogen and oxygen atoms in total. The molecule has 0 bridgehead atoms. The Morgan fingerprint density at radius 2 is 2.36 bits per heavy atom. The zero-order valence-electron chi connectivity index (χ0n) is 7.48. The van der Waals surface area contributed by atoms with Crippen LogP contribution in [-0.4, -0.2) is 16.1 Å². The summed E-state index contributed by atoms with van der Waals surface area (Å²) in [5, 5.41) is 8.97. The topological polar surface area (TPSA) is 76.2 Å². The molecule has 5 heteroatoms. The highest BCUT2D eigenvalue weighted by Crippen LogP contribution is 2.17. The second-order valence-electron chi connectivity index (χ2n) is 2.98. The number of aliphatic carboxylic acids is 1. The van der Waals surface area contributed by atoms with Crippen LogP contribution in [0.5, 0.6) is 0 Å². The van der Waals surface area contributed by atoms with Crippen molar-refractivity contribution in [2.75, 3.05) is 0 Å². The second kappa shape index (κ2) is 4.93. The normalized spacial score (nSPS) is 12.4. The predicted molar refractivity (Wildman–Crippen MR) is 53.0 cm³/mol. The summed E-state index contributed by atoms with van der Waals surface area (Å²) < 4.78 is 0. The Hall–Kier alpha value is -1.13. The number of hydrogen-bond donors (Lipinski definition) is 2. The van der Waals surface area contributed by atoms with Gasteiger partial charge in [0.1, 0.15) is 0 Å². The van der Waals surface area contributed by atoms with Gasteiger partial charge in [-0.3, -0.25) is 9.78 Å². The van der Waals surface area contributed by atoms with Crippen LogP contribution in [0, 0.1) is 0 Å². The second-order valence-corrected chi connectivity index (χ2v) is 3.41. The maximum Gasteiger partial charge on any atom is 0.303 e. The first-order valence-electron chi connectivity index (χ1n) is 4.17. The predicted octanol–water partition coefficient (Wildman–Crippen LogP) is 1.60. The van der Waals surface area contributed by atoms with Crippen LogP contribution in [0.25, 0.3) is 0 Å². The van der Waals surface area contributed by atoms with Gasteiger partial charge >= 0.3 is 5.97 Å². The SMILES string of the molecule is NC(CCC(=O)O)c1cncc(Cl)c1. The van der Waals surface area contributed by atoms with Crippen LogP contribution in [0.15, 0.2) is 18.5 Å². The van der Waals surface area contributed by atoms with Gasteiger partial charge in [0.2, 0.25) is 0 Å². The molecule has 1 atom stereocenters. The molecule has 0 fully saturated rings. The van der Waals surface area contributed by atoms with E-state index in [1.54, 1.807) is 12.3 Å². The van der Waals surface area contributed by atoms with Gasteiger partial charge in [-0.25, -0.2) is 0 Å². The minimum Gasteiger partial charge on any atom is -0.481 e. The monoisotopic (exact) mass is 214 g/mol. The molecule has 0 radical (unpaired) electrons. The van der Waals surface area contributed by atoms with Gasteiger partial charge in [0.15, 0.2) is 0 Å². The summed E-state index contributed by atoms with van der Waals surface area (Å²) in [7, 11) is 0. The number of nitrogens with zero attached hydrogens (tertiary/aromatic N) is 1. The summed E-state index contributed by atoms with van der Waals surface area (Å²) in [6.45, 7) is 0. The third kappa shape index (κ3) is 3.32. The number of hydrogen-bond acceptors (Lipinski definition) is 3. The van der Waals surface area contributed by atoms with Crippen LogP contribution >= 0.6 is 11.6 Å². The molecule has 0 amide bonds. The molecule has 1 unspecified atom stereocenters. The van der Waals surface area contributed by atoms with Crippen molar-refractivity contribution in [1.29, 1.82) is 0 Å². The van der Waals surface area contributed by atoms with Crippen LogP contribution in [0.4, 0.5) is 0 Å². The lowest BCUT2D eigenvalue weighted by Crippen LogP contribution is -2.12. The molecule has 76 valence electrons. The highest BCUT2D eigenvalue weighted by atomic mass is 35.5. The molecule has 0 aliphatic heterocycles. The first kappa shape index (κ1) is 10.9. The van der Waals surface area contributed by atoms with Crippen molar-refractivity contribution in [2.24, 2.45) is 5.73 Å². The molecule has 14 heavy (non-hydrogen) atoms. The summed E-state index contributed by atoms with van der Waals surface area (Å²) in [5.41, 5.74) is 6.51. The number of carboxylic acid groups (broad SMARTS) is 1. The number of halogens is 1. The minimum atomic E-state index is -0.851. The summed E-state index contributed by atoms with van der Waals surface area (Å²) in [6, 6.07) is 1.37.